The molecule has 4 rings (SSSR count). The van der Waals surface area contributed by atoms with Gasteiger partial charge in [-0.2, -0.15) is 0 Å². The van der Waals surface area contributed by atoms with E-state index in [9.17, 15) is 4.79 Å². The Morgan fingerprint density at radius 1 is 1.10 bits per heavy atom. The number of hydrogen-bond donors (Lipinski definition) is 1. The van der Waals surface area contributed by atoms with Gasteiger partial charge in [0.05, 0.1) is 29.8 Å². The zero-order valence-corrected chi connectivity index (χ0v) is 17.3. The summed E-state index contributed by atoms with van der Waals surface area (Å²) in [5, 5.41) is 3.42. The minimum atomic E-state index is 0.0866. The number of piperidine rings is 1. The number of anilines is 2. The third-order valence-corrected chi connectivity index (χ3v) is 5.55. The summed E-state index contributed by atoms with van der Waals surface area (Å²) in [6.45, 7) is 5.14. The average molecular weight is 405 g/mol. The van der Waals surface area contributed by atoms with Crippen LogP contribution in [-0.4, -0.2) is 40.1 Å². The molecule has 6 nitrogen and oxygen atoms in total. The monoisotopic (exact) mass is 404 g/mol. The summed E-state index contributed by atoms with van der Waals surface area (Å²) in [5.74, 6) is 1.53. The summed E-state index contributed by atoms with van der Waals surface area (Å²) < 4.78 is 7.98. The second-order valence-corrected chi connectivity index (χ2v) is 7.79. The maximum Gasteiger partial charge on any atom is 0.255 e. The summed E-state index contributed by atoms with van der Waals surface area (Å²) in [6.07, 6.45) is 7.57. The van der Waals surface area contributed by atoms with Crippen LogP contribution in [0.1, 0.15) is 30.1 Å². The van der Waals surface area contributed by atoms with Crippen LogP contribution in [0.25, 0.3) is 0 Å². The Bertz CT molecular complexity index is 963. The lowest BCUT2D eigenvalue weighted by Gasteiger charge is -2.31. The molecule has 156 valence electrons. The van der Waals surface area contributed by atoms with Crippen molar-refractivity contribution in [2.45, 2.75) is 26.3 Å². The van der Waals surface area contributed by atoms with Gasteiger partial charge >= 0.3 is 0 Å². The van der Waals surface area contributed by atoms with Gasteiger partial charge < -0.3 is 19.5 Å². The topological polar surface area (TPSA) is 59.4 Å². The van der Waals surface area contributed by atoms with E-state index in [0.29, 0.717) is 18.1 Å². The van der Waals surface area contributed by atoms with Crippen LogP contribution < -0.4 is 10.1 Å². The van der Waals surface area contributed by atoms with Gasteiger partial charge in [-0.25, -0.2) is 4.98 Å². The average Bonchev–Trinajstić information content (AvgIpc) is 3.29. The molecule has 0 spiro atoms. The molecule has 1 N–H and O–H groups in total. The number of hydrogen-bond acceptors (Lipinski definition) is 4. The van der Waals surface area contributed by atoms with Gasteiger partial charge in [0, 0.05) is 25.5 Å². The highest BCUT2D eigenvalue weighted by molar-refractivity contribution is 6.00. The predicted octanol–water partition coefficient (Wildman–Crippen LogP) is 4.58. The van der Waals surface area contributed by atoms with Crippen LogP contribution in [0.5, 0.6) is 5.75 Å². The van der Waals surface area contributed by atoms with E-state index in [2.05, 4.69) is 17.2 Å². The number of likely N-dealkylation sites (tertiary alicyclic amines) is 1. The van der Waals surface area contributed by atoms with Crippen molar-refractivity contribution in [3.05, 3.63) is 72.8 Å². The fourth-order valence-corrected chi connectivity index (χ4v) is 3.68. The largest absolute Gasteiger partial charge is 0.490 e. The van der Waals surface area contributed by atoms with Crippen LogP contribution >= 0.6 is 0 Å². The molecule has 30 heavy (non-hydrogen) atoms. The number of rotatable bonds is 7. The molecule has 0 radical (unpaired) electrons. The maximum atomic E-state index is 13.2. The Balaban J connectivity index is 1.47. The molecule has 0 unspecified atom stereocenters. The van der Waals surface area contributed by atoms with Gasteiger partial charge in [0.2, 0.25) is 0 Å². The molecule has 0 atom stereocenters. The minimum Gasteiger partial charge on any atom is -0.490 e. The summed E-state index contributed by atoms with van der Waals surface area (Å²) in [6, 6.07) is 15.5. The van der Waals surface area contributed by atoms with Crippen LogP contribution in [0.3, 0.4) is 0 Å². The van der Waals surface area contributed by atoms with E-state index >= 15 is 0 Å². The number of benzene rings is 2. The number of aromatic nitrogens is 2. The lowest BCUT2D eigenvalue weighted by Crippen LogP contribution is -2.38. The molecule has 1 aromatic heterocycles. The van der Waals surface area contributed by atoms with Crippen molar-refractivity contribution in [1.82, 2.24) is 14.5 Å². The van der Waals surface area contributed by atoms with Crippen molar-refractivity contribution in [3.63, 3.8) is 0 Å². The van der Waals surface area contributed by atoms with Gasteiger partial charge in [0.25, 0.3) is 5.91 Å². The third kappa shape index (κ3) is 4.82. The summed E-state index contributed by atoms with van der Waals surface area (Å²) in [4.78, 5) is 19.2. The van der Waals surface area contributed by atoms with Crippen LogP contribution in [0, 0.1) is 5.92 Å². The van der Waals surface area contributed by atoms with Gasteiger partial charge in [0.1, 0.15) is 12.4 Å². The van der Waals surface area contributed by atoms with Crippen molar-refractivity contribution in [3.8, 4) is 5.75 Å². The molecule has 1 aliphatic rings. The molecule has 3 aromatic rings. The highest BCUT2D eigenvalue weighted by Crippen LogP contribution is 2.30. The minimum absolute atomic E-state index is 0.0866. The lowest BCUT2D eigenvalue weighted by atomic mass is 9.98. The van der Waals surface area contributed by atoms with E-state index in [1.54, 1.807) is 12.5 Å². The normalized spacial score (nSPS) is 14.5. The van der Waals surface area contributed by atoms with Gasteiger partial charge in [-0.15, -0.1) is 0 Å². The molecular weight excluding hydrogens is 376 g/mol. The van der Waals surface area contributed by atoms with Gasteiger partial charge in [0.15, 0.2) is 0 Å². The van der Waals surface area contributed by atoms with E-state index in [1.165, 1.54) is 0 Å². The van der Waals surface area contributed by atoms with Crippen LogP contribution in [0.15, 0.2) is 67.3 Å². The van der Waals surface area contributed by atoms with Gasteiger partial charge in [-0.1, -0.05) is 31.2 Å². The van der Waals surface area contributed by atoms with Crippen molar-refractivity contribution in [2.75, 3.05) is 25.0 Å². The van der Waals surface area contributed by atoms with E-state index in [4.69, 9.17) is 4.74 Å². The quantitative estimate of drug-likeness (QED) is 0.626. The summed E-state index contributed by atoms with van der Waals surface area (Å²) in [5.41, 5.74) is 2.34. The van der Waals surface area contributed by atoms with E-state index in [0.717, 1.165) is 49.6 Å². The SMILES string of the molecule is CC1CCN(C(=O)c2ccccc2Nc2ccccc2OCCn2ccnc2)CC1. The first-order valence-corrected chi connectivity index (χ1v) is 10.5. The van der Waals surface area contributed by atoms with Crippen molar-refractivity contribution in [2.24, 2.45) is 5.92 Å². The smallest absolute Gasteiger partial charge is 0.255 e. The maximum absolute atomic E-state index is 13.2. The highest BCUT2D eigenvalue weighted by Gasteiger charge is 2.23. The Morgan fingerprint density at radius 2 is 1.83 bits per heavy atom. The van der Waals surface area contributed by atoms with Crippen molar-refractivity contribution in [1.29, 1.82) is 0 Å². The van der Waals surface area contributed by atoms with Crippen LogP contribution in [0.4, 0.5) is 11.4 Å². The Kier molecular flexibility index (Phi) is 6.32. The zero-order chi connectivity index (χ0) is 20.8. The first-order chi connectivity index (χ1) is 14.7. The summed E-state index contributed by atoms with van der Waals surface area (Å²) >= 11 is 0. The molecule has 1 fully saturated rings. The zero-order valence-electron chi connectivity index (χ0n) is 17.3. The van der Waals surface area contributed by atoms with E-state index in [-0.39, 0.29) is 5.91 Å². The first-order valence-electron chi connectivity index (χ1n) is 10.5. The number of nitrogens with zero attached hydrogens (tertiary/aromatic N) is 3. The molecular formula is C24H28N4O2. The molecule has 6 heteroatoms. The molecule has 2 aromatic carbocycles. The number of imidazole rings is 1. The van der Waals surface area contributed by atoms with Crippen LogP contribution in [-0.2, 0) is 6.54 Å². The number of carbonyl (C=O) groups excluding carboxylic acids is 1. The standard InChI is InChI=1S/C24H28N4O2/c1-19-10-13-28(14-11-19)24(29)20-6-2-3-7-21(20)26-22-8-4-5-9-23(22)30-17-16-27-15-12-25-18-27/h2-9,12,15,18-19,26H,10-11,13-14,16-17H2,1H3. The first kappa shape index (κ1) is 20.0. The number of ether oxygens (including phenoxy) is 1. The number of para-hydroxylation sites is 3. The highest BCUT2D eigenvalue weighted by atomic mass is 16.5. The molecule has 1 aliphatic heterocycles. The number of amides is 1. The Labute approximate surface area is 177 Å². The Morgan fingerprint density at radius 3 is 2.60 bits per heavy atom. The molecule has 1 amide bonds. The van der Waals surface area contributed by atoms with E-state index in [1.807, 2.05) is 64.2 Å². The predicted molar refractivity (Wildman–Crippen MR) is 118 cm³/mol. The van der Waals surface area contributed by atoms with Crippen molar-refractivity contribution >= 4 is 17.3 Å². The van der Waals surface area contributed by atoms with E-state index < -0.39 is 0 Å². The summed E-state index contributed by atoms with van der Waals surface area (Å²) in [7, 11) is 0. The molecule has 2 heterocycles. The molecule has 0 bridgehead atoms. The van der Waals surface area contributed by atoms with Gasteiger partial charge in [-0.3, -0.25) is 4.79 Å². The van der Waals surface area contributed by atoms with Crippen LogP contribution in [0.2, 0.25) is 0 Å². The second-order valence-electron chi connectivity index (χ2n) is 7.79. The fourth-order valence-electron chi connectivity index (χ4n) is 3.68. The Hall–Kier alpha value is -3.28. The number of carbonyl (C=O) groups is 1. The molecule has 1 saturated heterocycles. The fraction of sp³-hybridized carbons (Fsp3) is 0.333. The molecule has 0 saturated carbocycles. The van der Waals surface area contributed by atoms with Crippen molar-refractivity contribution < 1.29 is 9.53 Å². The lowest BCUT2D eigenvalue weighted by molar-refractivity contribution is 0.0698. The second kappa shape index (κ2) is 9.48. The molecule has 0 aliphatic carbocycles. The van der Waals surface area contributed by atoms with Gasteiger partial charge in [-0.05, 0) is 43.0 Å². The number of nitrogens with one attached hydrogen (secondary N) is 1. The third-order valence-electron chi connectivity index (χ3n) is 5.55.